The van der Waals surface area contributed by atoms with Crippen molar-refractivity contribution < 1.29 is 19.2 Å². The minimum absolute atomic E-state index is 0.294. The zero-order valence-corrected chi connectivity index (χ0v) is 16.9. The second-order valence-corrected chi connectivity index (χ2v) is 8.03. The van der Waals surface area contributed by atoms with Crippen molar-refractivity contribution in [1.29, 1.82) is 0 Å². The molecular formula is C22H22N2O4S. The van der Waals surface area contributed by atoms with Crippen LogP contribution in [0.4, 0.5) is 0 Å². The van der Waals surface area contributed by atoms with Crippen LogP contribution in [0.3, 0.4) is 0 Å². The van der Waals surface area contributed by atoms with Gasteiger partial charge in [0.25, 0.3) is 0 Å². The Morgan fingerprint density at radius 2 is 2.07 bits per heavy atom. The van der Waals surface area contributed by atoms with E-state index in [1.807, 2.05) is 66.4 Å². The van der Waals surface area contributed by atoms with Crippen molar-refractivity contribution in [2.75, 3.05) is 11.6 Å². The maximum absolute atomic E-state index is 11.3. The molecule has 1 aliphatic heterocycles. The SMILES string of the molecule is Cc1ccccc1-c1cc(COc2ccc(CN3CSC[C@H]3C(=O)O)cc2)on1. The standard InChI is InChI=1S/C22H22N2O4S/c1-15-4-2-3-5-19(15)20-10-18(28-23-20)12-27-17-8-6-16(7-9-17)11-24-14-29-13-21(24)22(25)26/h2-10,21H,11-14H2,1H3,(H,25,26)/t21-/m0/s1. The molecular weight excluding hydrogens is 388 g/mol. The van der Waals surface area contributed by atoms with Gasteiger partial charge in [0.15, 0.2) is 5.76 Å². The summed E-state index contributed by atoms with van der Waals surface area (Å²) in [7, 11) is 0. The van der Waals surface area contributed by atoms with Gasteiger partial charge in [-0.25, -0.2) is 0 Å². The Labute approximate surface area is 173 Å². The lowest BCUT2D eigenvalue weighted by molar-refractivity contribution is -0.141. The fourth-order valence-electron chi connectivity index (χ4n) is 3.31. The summed E-state index contributed by atoms with van der Waals surface area (Å²) in [6.07, 6.45) is 0. The van der Waals surface area contributed by atoms with Gasteiger partial charge in [-0.15, -0.1) is 11.8 Å². The number of aryl methyl sites for hydroxylation is 1. The smallest absolute Gasteiger partial charge is 0.321 e. The number of benzene rings is 2. The number of aromatic nitrogens is 1. The van der Waals surface area contributed by atoms with Crippen molar-refractivity contribution in [2.45, 2.75) is 26.1 Å². The number of aliphatic carboxylic acids is 1. The molecule has 3 aromatic rings. The summed E-state index contributed by atoms with van der Waals surface area (Å²) < 4.78 is 11.2. The summed E-state index contributed by atoms with van der Waals surface area (Å²) in [6, 6.07) is 17.3. The van der Waals surface area contributed by atoms with Gasteiger partial charge in [0.05, 0.1) is 0 Å². The van der Waals surface area contributed by atoms with Crippen LogP contribution in [0, 0.1) is 6.92 Å². The molecule has 0 radical (unpaired) electrons. The third-order valence-corrected chi connectivity index (χ3v) is 5.99. The van der Waals surface area contributed by atoms with Gasteiger partial charge < -0.3 is 14.4 Å². The van der Waals surface area contributed by atoms with E-state index in [0.717, 1.165) is 34.0 Å². The number of rotatable bonds is 7. The first-order chi connectivity index (χ1) is 14.1. The molecule has 1 aliphatic rings. The van der Waals surface area contributed by atoms with Gasteiger partial charge in [-0.1, -0.05) is 41.6 Å². The molecule has 1 atom stereocenters. The van der Waals surface area contributed by atoms with Crippen molar-refractivity contribution in [3.63, 3.8) is 0 Å². The Hall–Kier alpha value is -2.77. The summed E-state index contributed by atoms with van der Waals surface area (Å²) in [5, 5.41) is 13.4. The molecule has 1 fully saturated rings. The number of hydrogen-bond donors (Lipinski definition) is 1. The molecule has 29 heavy (non-hydrogen) atoms. The molecule has 0 spiro atoms. The monoisotopic (exact) mass is 410 g/mol. The zero-order valence-electron chi connectivity index (χ0n) is 16.1. The molecule has 0 saturated carbocycles. The van der Waals surface area contributed by atoms with Crippen LogP contribution in [0.25, 0.3) is 11.3 Å². The van der Waals surface area contributed by atoms with Crippen molar-refractivity contribution in [2.24, 2.45) is 0 Å². The van der Waals surface area contributed by atoms with Gasteiger partial charge in [0, 0.05) is 29.8 Å². The number of carbonyl (C=O) groups is 1. The highest BCUT2D eigenvalue weighted by Crippen LogP contribution is 2.25. The highest BCUT2D eigenvalue weighted by atomic mass is 32.2. The minimum atomic E-state index is -0.757. The molecule has 1 aromatic heterocycles. The topological polar surface area (TPSA) is 75.8 Å². The molecule has 7 heteroatoms. The third-order valence-electron chi connectivity index (χ3n) is 4.93. The maximum Gasteiger partial charge on any atom is 0.321 e. The number of thioether (sulfide) groups is 1. The second-order valence-electron chi connectivity index (χ2n) is 7.03. The molecule has 1 saturated heterocycles. The fraction of sp³-hybridized carbons (Fsp3) is 0.273. The van der Waals surface area contributed by atoms with Gasteiger partial charge in [0.2, 0.25) is 0 Å². The summed E-state index contributed by atoms with van der Waals surface area (Å²) in [5.74, 6) is 2.01. The zero-order chi connectivity index (χ0) is 20.2. The molecule has 1 N–H and O–H groups in total. The van der Waals surface area contributed by atoms with E-state index in [9.17, 15) is 9.90 Å². The largest absolute Gasteiger partial charge is 0.486 e. The number of nitrogens with zero attached hydrogens (tertiary/aromatic N) is 2. The first kappa shape index (κ1) is 19.5. The number of carboxylic acid groups (broad SMARTS) is 1. The second kappa shape index (κ2) is 8.71. The lowest BCUT2D eigenvalue weighted by Crippen LogP contribution is -2.37. The Bertz CT molecular complexity index is 986. The van der Waals surface area contributed by atoms with E-state index in [1.165, 1.54) is 0 Å². The molecule has 0 bridgehead atoms. The molecule has 2 heterocycles. The highest BCUT2D eigenvalue weighted by Gasteiger charge is 2.30. The molecule has 4 rings (SSSR count). The molecule has 2 aromatic carbocycles. The van der Waals surface area contributed by atoms with Gasteiger partial charge in [0.1, 0.15) is 24.1 Å². The quantitative estimate of drug-likeness (QED) is 0.626. The molecule has 0 unspecified atom stereocenters. The van der Waals surface area contributed by atoms with E-state index in [2.05, 4.69) is 5.16 Å². The van der Waals surface area contributed by atoms with Gasteiger partial charge in [-0.2, -0.15) is 0 Å². The van der Waals surface area contributed by atoms with Crippen LogP contribution >= 0.6 is 11.8 Å². The molecule has 0 amide bonds. The summed E-state index contributed by atoms with van der Waals surface area (Å²) in [4.78, 5) is 13.3. The molecule has 150 valence electrons. The number of carboxylic acids is 1. The van der Waals surface area contributed by atoms with Crippen LogP contribution in [-0.4, -0.2) is 38.8 Å². The van der Waals surface area contributed by atoms with Crippen LogP contribution in [-0.2, 0) is 17.9 Å². The van der Waals surface area contributed by atoms with E-state index < -0.39 is 12.0 Å². The van der Waals surface area contributed by atoms with Crippen LogP contribution in [0.1, 0.15) is 16.9 Å². The summed E-state index contributed by atoms with van der Waals surface area (Å²) >= 11 is 1.65. The van der Waals surface area contributed by atoms with E-state index in [0.29, 0.717) is 24.7 Å². The minimum Gasteiger partial charge on any atom is -0.486 e. The summed E-state index contributed by atoms with van der Waals surface area (Å²) in [5.41, 5.74) is 4.05. The van der Waals surface area contributed by atoms with Crippen LogP contribution < -0.4 is 4.74 Å². The molecule has 6 nitrogen and oxygen atoms in total. The van der Waals surface area contributed by atoms with E-state index >= 15 is 0 Å². The third kappa shape index (κ3) is 4.63. The Morgan fingerprint density at radius 3 is 2.83 bits per heavy atom. The van der Waals surface area contributed by atoms with Crippen molar-refractivity contribution in [1.82, 2.24) is 10.1 Å². The molecule has 0 aliphatic carbocycles. The fourth-order valence-corrected chi connectivity index (χ4v) is 4.50. The lowest BCUT2D eigenvalue weighted by atomic mass is 10.1. The van der Waals surface area contributed by atoms with E-state index in [4.69, 9.17) is 9.26 Å². The predicted molar refractivity (Wildman–Crippen MR) is 112 cm³/mol. The first-order valence-electron chi connectivity index (χ1n) is 9.38. The van der Waals surface area contributed by atoms with Gasteiger partial charge >= 0.3 is 5.97 Å². The van der Waals surface area contributed by atoms with Crippen LogP contribution in [0.15, 0.2) is 59.1 Å². The van der Waals surface area contributed by atoms with E-state index in [-0.39, 0.29) is 0 Å². The van der Waals surface area contributed by atoms with Crippen LogP contribution in [0.2, 0.25) is 0 Å². The summed E-state index contributed by atoms with van der Waals surface area (Å²) in [6.45, 7) is 2.95. The average Bonchev–Trinajstić information content (AvgIpc) is 3.37. The first-order valence-corrected chi connectivity index (χ1v) is 10.5. The number of hydrogen-bond acceptors (Lipinski definition) is 6. The Kier molecular flexibility index (Phi) is 5.87. The van der Waals surface area contributed by atoms with Crippen molar-refractivity contribution in [3.05, 3.63) is 71.5 Å². The van der Waals surface area contributed by atoms with Gasteiger partial charge in [-0.3, -0.25) is 9.69 Å². The Morgan fingerprint density at radius 1 is 1.28 bits per heavy atom. The normalized spacial score (nSPS) is 16.8. The average molecular weight is 410 g/mol. The lowest BCUT2D eigenvalue weighted by Gasteiger charge is -2.20. The number of ether oxygens (including phenoxy) is 1. The Balaban J connectivity index is 1.34. The van der Waals surface area contributed by atoms with Gasteiger partial charge in [-0.05, 0) is 30.2 Å². The predicted octanol–water partition coefficient (Wildman–Crippen LogP) is 4.19. The van der Waals surface area contributed by atoms with Crippen molar-refractivity contribution in [3.8, 4) is 17.0 Å². The maximum atomic E-state index is 11.3. The highest BCUT2D eigenvalue weighted by molar-refractivity contribution is 7.99. The van der Waals surface area contributed by atoms with Crippen LogP contribution in [0.5, 0.6) is 5.75 Å². The van der Waals surface area contributed by atoms with E-state index in [1.54, 1.807) is 11.8 Å². The van der Waals surface area contributed by atoms with Crippen molar-refractivity contribution >= 4 is 17.7 Å².